The molecule has 26 heavy (non-hydrogen) atoms. The standard InChI is InChI=1S/C20H24ClNO4/c21-16-5-1-2-6-17(16)25-14-7-11-22(12-8-14)19(24)15-13-18(23)26-20(15)9-3-4-10-20/h1-2,5-6,14-15H,3-4,7-13H2/t15-/m0/s1. The summed E-state index contributed by atoms with van der Waals surface area (Å²) in [5.74, 6) is 0.244. The summed E-state index contributed by atoms with van der Waals surface area (Å²) in [6.45, 7) is 1.30. The first-order valence-corrected chi connectivity index (χ1v) is 9.87. The summed E-state index contributed by atoms with van der Waals surface area (Å²) in [7, 11) is 0. The van der Waals surface area contributed by atoms with Crippen LogP contribution in [0.4, 0.5) is 0 Å². The Hall–Kier alpha value is -1.75. The van der Waals surface area contributed by atoms with Crippen LogP contribution in [-0.2, 0) is 14.3 Å². The molecule has 3 fully saturated rings. The molecule has 1 saturated carbocycles. The molecule has 2 aliphatic heterocycles. The number of rotatable bonds is 3. The van der Waals surface area contributed by atoms with Crippen LogP contribution in [0.1, 0.15) is 44.9 Å². The Balaban J connectivity index is 1.36. The molecule has 0 bridgehead atoms. The zero-order valence-electron chi connectivity index (χ0n) is 14.8. The van der Waals surface area contributed by atoms with Crippen molar-refractivity contribution in [3.8, 4) is 5.75 Å². The Morgan fingerprint density at radius 3 is 2.58 bits per heavy atom. The van der Waals surface area contributed by atoms with Gasteiger partial charge in [-0.15, -0.1) is 0 Å². The van der Waals surface area contributed by atoms with E-state index in [4.69, 9.17) is 21.1 Å². The van der Waals surface area contributed by atoms with E-state index in [1.165, 1.54) is 0 Å². The number of piperidine rings is 1. The van der Waals surface area contributed by atoms with E-state index in [1.54, 1.807) is 0 Å². The molecule has 1 spiro atoms. The lowest BCUT2D eigenvalue weighted by Gasteiger charge is -2.36. The number of carbonyl (C=O) groups is 2. The van der Waals surface area contributed by atoms with Gasteiger partial charge in [-0.2, -0.15) is 0 Å². The molecule has 1 aromatic rings. The zero-order chi connectivity index (χ0) is 18.1. The van der Waals surface area contributed by atoms with Crippen LogP contribution in [-0.4, -0.2) is 41.6 Å². The molecule has 2 heterocycles. The zero-order valence-corrected chi connectivity index (χ0v) is 15.5. The second-order valence-electron chi connectivity index (χ2n) is 7.58. The number of esters is 1. The van der Waals surface area contributed by atoms with E-state index >= 15 is 0 Å². The molecule has 1 atom stereocenters. The molecule has 3 aliphatic rings. The average Bonchev–Trinajstić information content (AvgIpc) is 3.24. The fraction of sp³-hybridized carbons (Fsp3) is 0.600. The highest BCUT2D eigenvalue weighted by Crippen LogP contribution is 2.46. The van der Waals surface area contributed by atoms with Crippen molar-refractivity contribution < 1.29 is 19.1 Å². The number of amides is 1. The van der Waals surface area contributed by atoms with Gasteiger partial charge in [0.15, 0.2) is 0 Å². The van der Waals surface area contributed by atoms with Gasteiger partial charge in [-0.3, -0.25) is 9.59 Å². The Morgan fingerprint density at radius 2 is 1.88 bits per heavy atom. The van der Waals surface area contributed by atoms with E-state index in [0.717, 1.165) is 38.5 Å². The predicted octanol–water partition coefficient (Wildman–Crippen LogP) is 3.59. The van der Waals surface area contributed by atoms with E-state index in [-0.39, 0.29) is 30.3 Å². The molecule has 0 aromatic heterocycles. The highest BCUT2D eigenvalue weighted by atomic mass is 35.5. The van der Waals surface area contributed by atoms with E-state index in [0.29, 0.717) is 23.9 Å². The molecule has 0 N–H and O–H groups in total. The second-order valence-corrected chi connectivity index (χ2v) is 7.98. The van der Waals surface area contributed by atoms with Crippen molar-refractivity contribution in [1.82, 2.24) is 4.90 Å². The quantitative estimate of drug-likeness (QED) is 0.755. The number of likely N-dealkylation sites (tertiary alicyclic amines) is 1. The Labute approximate surface area is 158 Å². The third-order valence-electron chi connectivity index (χ3n) is 5.95. The molecular formula is C20H24ClNO4. The smallest absolute Gasteiger partial charge is 0.307 e. The SMILES string of the molecule is O=C1C[C@@H](C(=O)N2CCC(Oc3ccccc3Cl)CC2)C2(CCCC2)O1. The Bertz CT molecular complexity index is 693. The van der Waals surface area contributed by atoms with Gasteiger partial charge in [-0.1, -0.05) is 23.7 Å². The molecule has 1 aromatic carbocycles. The molecular weight excluding hydrogens is 354 g/mol. The summed E-state index contributed by atoms with van der Waals surface area (Å²) in [4.78, 5) is 26.8. The summed E-state index contributed by atoms with van der Waals surface area (Å²) in [5, 5.41) is 0.607. The molecule has 0 unspecified atom stereocenters. The van der Waals surface area contributed by atoms with Crippen LogP contribution in [0.15, 0.2) is 24.3 Å². The van der Waals surface area contributed by atoms with E-state index in [1.807, 2.05) is 29.2 Å². The minimum Gasteiger partial charge on any atom is -0.489 e. The van der Waals surface area contributed by atoms with Crippen molar-refractivity contribution in [3.05, 3.63) is 29.3 Å². The lowest BCUT2D eigenvalue weighted by Crippen LogP contribution is -2.48. The summed E-state index contributed by atoms with van der Waals surface area (Å²) in [6, 6.07) is 7.46. The van der Waals surface area contributed by atoms with Crippen molar-refractivity contribution >= 4 is 23.5 Å². The minimum absolute atomic E-state index is 0.0563. The first-order valence-electron chi connectivity index (χ1n) is 9.49. The third-order valence-corrected chi connectivity index (χ3v) is 6.27. The number of hydrogen-bond donors (Lipinski definition) is 0. The fourth-order valence-electron chi connectivity index (χ4n) is 4.56. The molecule has 140 valence electrons. The number of ether oxygens (including phenoxy) is 2. The molecule has 2 saturated heterocycles. The topological polar surface area (TPSA) is 55.8 Å². The average molecular weight is 378 g/mol. The van der Waals surface area contributed by atoms with Crippen molar-refractivity contribution in [3.63, 3.8) is 0 Å². The third kappa shape index (κ3) is 3.29. The summed E-state index contributed by atoms with van der Waals surface area (Å²) < 4.78 is 11.6. The Morgan fingerprint density at radius 1 is 1.19 bits per heavy atom. The van der Waals surface area contributed by atoms with Gasteiger partial charge in [0.05, 0.1) is 17.4 Å². The lowest BCUT2D eigenvalue weighted by molar-refractivity contribution is -0.152. The predicted molar refractivity (Wildman–Crippen MR) is 97.1 cm³/mol. The molecule has 1 aliphatic carbocycles. The summed E-state index contributed by atoms with van der Waals surface area (Å²) in [5.41, 5.74) is -0.529. The van der Waals surface area contributed by atoms with Crippen LogP contribution in [0.2, 0.25) is 5.02 Å². The van der Waals surface area contributed by atoms with Gasteiger partial charge < -0.3 is 14.4 Å². The number of halogens is 1. The van der Waals surface area contributed by atoms with Crippen molar-refractivity contribution in [2.24, 2.45) is 5.92 Å². The van der Waals surface area contributed by atoms with Gasteiger partial charge in [-0.05, 0) is 37.8 Å². The second kappa shape index (κ2) is 7.10. The summed E-state index contributed by atoms with van der Waals surface area (Å²) >= 11 is 6.16. The normalized spacial score (nSPS) is 25.5. The highest BCUT2D eigenvalue weighted by Gasteiger charge is 2.54. The van der Waals surface area contributed by atoms with Crippen molar-refractivity contribution in [2.75, 3.05) is 13.1 Å². The first-order chi connectivity index (χ1) is 12.6. The first kappa shape index (κ1) is 17.7. The van der Waals surface area contributed by atoms with Crippen LogP contribution in [0.5, 0.6) is 5.75 Å². The fourth-order valence-corrected chi connectivity index (χ4v) is 4.74. The summed E-state index contributed by atoms with van der Waals surface area (Å²) in [6.07, 6.45) is 5.53. The number of carbonyl (C=O) groups excluding carboxylic acids is 2. The monoisotopic (exact) mass is 377 g/mol. The Kier molecular flexibility index (Phi) is 4.82. The van der Waals surface area contributed by atoms with Gasteiger partial charge in [0, 0.05) is 25.9 Å². The van der Waals surface area contributed by atoms with Gasteiger partial charge in [0.2, 0.25) is 5.91 Å². The number of para-hydroxylation sites is 1. The van der Waals surface area contributed by atoms with Crippen LogP contribution in [0.3, 0.4) is 0 Å². The maximum atomic E-state index is 13.1. The molecule has 4 rings (SSSR count). The van der Waals surface area contributed by atoms with Crippen LogP contribution in [0, 0.1) is 5.92 Å². The van der Waals surface area contributed by atoms with E-state index in [9.17, 15) is 9.59 Å². The van der Waals surface area contributed by atoms with Crippen molar-refractivity contribution in [2.45, 2.75) is 56.7 Å². The van der Waals surface area contributed by atoms with Gasteiger partial charge >= 0.3 is 5.97 Å². The maximum absolute atomic E-state index is 13.1. The van der Waals surface area contributed by atoms with E-state index in [2.05, 4.69) is 0 Å². The largest absolute Gasteiger partial charge is 0.489 e. The molecule has 0 radical (unpaired) electrons. The highest BCUT2D eigenvalue weighted by molar-refractivity contribution is 6.32. The van der Waals surface area contributed by atoms with E-state index < -0.39 is 5.60 Å². The lowest BCUT2D eigenvalue weighted by atomic mass is 9.84. The van der Waals surface area contributed by atoms with Gasteiger partial charge in [0.1, 0.15) is 17.5 Å². The van der Waals surface area contributed by atoms with Crippen LogP contribution in [0.25, 0.3) is 0 Å². The minimum atomic E-state index is -0.529. The van der Waals surface area contributed by atoms with Crippen LogP contribution < -0.4 is 4.74 Å². The molecule has 6 heteroatoms. The number of nitrogens with zero attached hydrogens (tertiary/aromatic N) is 1. The maximum Gasteiger partial charge on any atom is 0.307 e. The number of benzene rings is 1. The number of hydrogen-bond acceptors (Lipinski definition) is 4. The van der Waals surface area contributed by atoms with Crippen molar-refractivity contribution in [1.29, 1.82) is 0 Å². The van der Waals surface area contributed by atoms with Crippen LogP contribution >= 0.6 is 11.6 Å². The van der Waals surface area contributed by atoms with Gasteiger partial charge in [-0.25, -0.2) is 0 Å². The molecule has 1 amide bonds. The molecule has 5 nitrogen and oxygen atoms in total. The van der Waals surface area contributed by atoms with Gasteiger partial charge in [0.25, 0.3) is 0 Å².